The highest BCUT2D eigenvalue weighted by molar-refractivity contribution is 5.95. The second kappa shape index (κ2) is 9.01. The average molecular weight is 355 g/mol. The van der Waals surface area contributed by atoms with Gasteiger partial charge in [0.05, 0.1) is 7.05 Å². The van der Waals surface area contributed by atoms with Gasteiger partial charge in [0.25, 0.3) is 11.8 Å². The van der Waals surface area contributed by atoms with Crippen molar-refractivity contribution in [3.8, 4) is 0 Å². The summed E-state index contributed by atoms with van der Waals surface area (Å²) in [6.45, 7) is 1.14. The average Bonchev–Trinajstić information content (AvgIpc) is 2.61. The van der Waals surface area contributed by atoms with Crippen molar-refractivity contribution < 1.29 is 14.5 Å². The topological polar surface area (TPSA) is 65.9 Å². The fraction of sp³-hybridized carbons (Fsp3) is 0.300. The van der Waals surface area contributed by atoms with E-state index in [2.05, 4.69) is 39.8 Å². The van der Waals surface area contributed by atoms with E-state index in [-0.39, 0.29) is 11.8 Å². The van der Waals surface area contributed by atoms with Crippen molar-refractivity contribution in [1.82, 2.24) is 5.32 Å². The van der Waals surface area contributed by atoms with E-state index in [1.54, 1.807) is 31.3 Å². The van der Waals surface area contributed by atoms with Gasteiger partial charge in [-0.05, 0) is 36.4 Å². The summed E-state index contributed by atoms with van der Waals surface area (Å²) in [4.78, 5) is 26.9. The van der Waals surface area contributed by atoms with Gasteiger partial charge in [0.1, 0.15) is 6.54 Å². The van der Waals surface area contributed by atoms with Crippen molar-refractivity contribution in [2.45, 2.75) is 6.54 Å². The molecule has 0 heterocycles. The predicted molar refractivity (Wildman–Crippen MR) is 105 cm³/mol. The molecule has 0 fully saturated rings. The second-order valence-electron chi connectivity index (χ2n) is 6.58. The minimum absolute atomic E-state index is 0.0555. The van der Waals surface area contributed by atoms with E-state index in [4.69, 9.17) is 0 Å². The zero-order valence-corrected chi connectivity index (χ0v) is 15.8. The number of nitrogens with one attached hydrogen (secondary N) is 3. The largest absolute Gasteiger partial charge is 0.378 e. The minimum Gasteiger partial charge on any atom is -0.378 e. The van der Waals surface area contributed by atoms with Crippen LogP contribution in [0.1, 0.15) is 15.9 Å². The monoisotopic (exact) mass is 355 g/mol. The molecule has 138 valence electrons. The summed E-state index contributed by atoms with van der Waals surface area (Å²) in [7, 11) is 7.61. The molecule has 0 spiro atoms. The molecular weight excluding hydrogens is 328 g/mol. The molecule has 0 saturated carbocycles. The first kappa shape index (κ1) is 19.5. The molecule has 2 rings (SSSR count). The second-order valence-corrected chi connectivity index (χ2v) is 6.58. The summed E-state index contributed by atoms with van der Waals surface area (Å²) < 4.78 is 0. The maximum absolute atomic E-state index is 12.2. The van der Waals surface area contributed by atoms with Crippen LogP contribution in [0.15, 0.2) is 48.5 Å². The van der Waals surface area contributed by atoms with Gasteiger partial charge in [-0.25, -0.2) is 0 Å². The number of hydrogen-bond acceptors (Lipinski definition) is 3. The Morgan fingerprint density at radius 2 is 1.62 bits per heavy atom. The maximum Gasteiger partial charge on any atom is 0.279 e. The molecule has 1 unspecified atom stereocenters. The van der Waals surface area contributed by atoms with Crippen molar-refractivity contribution in [1.29, 1.82) is 0 Å². The summed E-state index contributed by atoms with van der Waals surface area (Å²) in [6, 6.07) is 15.2. The maximum atomic E-state index is 12.2. The van der Waals surface area contributed by atoms with Crippen molar-refractivity contribution >= 4 is 23.2 Å². The first-order valence-corrected chi connectivity index (χ1v) is 8.58. The Kier molecular flexibility index (Phi) is 6.74. The van der Waals surface area contributed by atoms with Crippen molar-refractivity contribution in [3.63, 3.8) is 0 Å². The Morgan fingerprint density at radius 3 is 2.15 bits per heavy atom. The summed E-state index contributed by atoms with van der Waals surface area (Å²) in [5.41, 5.74) is 3.60. The van der Waals surface area contributed by atoms with Crippen LogP contribution >= 0.6 is 0 Å². The van der Waals surface area contributed by atoms with Crippen molar-refractivity contribution in [3.05, 3.63) is 59.7 Å². The van der Waals surface area contributed by atoms with E-state index in [1.165, 1.54) is 5.56 Å². The van der Waals surface area contributed by atoms with Gasteiger partial charge in [0, 0.05) is 43.6 Å². The molecule has 6 heteroatoms. The third kappa shape index (κ3) is 5.60. The molecule has 0 aliphatic rings. The molecule has 2 amide bonds. The highest BCUT2D eigenvalue weighted by atomic mass is 16.2. The number of rotatable bonds is 7. The van der Waals surface area contributed by atoms with E-state index in [9.17, 15) is 9.59 Å². The number of anilines is 2. The lowest BCUT2D eigenvalue weighted by molar-refractivity contribution is -0.885. The summed E-state index contributed by atoms with van der Waals surface area (Å²) in [6.07, 6.45) is 0. The number of amides is 2. The van der Waals surface area contributed by atoms with E-state index in [0.717, 1.165) is 17.1 Å². The third-order valence-corrected chi connectivity index (χ3v) is 4.08. The number of nitrogens with zero attached hydrogens (tertiary/aromatic N) is 1. The number of quaternary nitrogens is 1. The van der Waals surface area contributed by atoms with Gasteiger partial charge < -0.3 is 20.4 Å². The first-order chi connectivity index (χ1) is 12.4. The van der Waals surface area contributed by atoms with Crippen LogP contribution in [0.25, 0.3) is 0 Å². The Hall–Kier alpha value is -2.86. The van der Waals surface area contributed by atoms with E-state index in [0.29, 0.717) is 17.8 Å². The van der Waals surface area contributed by atoms with Gasteiger partial charge >= 0.3 is 0 Å². The minimum atomic E-state index is -0.146. The molecule has 0 aliphatic heterocycles. The van der Waals surface area contributed by atoms with Gasteiger partial charge in [-0.15, -0.1) is 0 Å². The molecule has 1 atom stereocenters. The van der Waals surface area contributed by atoms with Crippen LogP contribution in [0.3, 0.4) is 0 Å². The standard InChI is InChI=1S/C20H26N4O2/c1-21-20(26)16-7-9-17(10-8-16)22-19(25)14-24(4)13-15-5-11-18(12-6-15)23(2)3/h5-12H,13-14H2,1-4H3,(H,21,26)(H,22,25)/p+1. The Labute approximate surface area is 154 Å². The molecule has 3 N–H and O–H groups in total. The summed E-state index contributed by atoms with van der Waals surface area (Å²) in [5, 5.41) is 5.44. The quantitative estimate of drug-likeness (QED) is 0.687. The van der Waals surface area contributed by atoms with Gasteiger partial charge in [-0.2, -0.15) is 0 Å². The fourth-order valence-corrected chi connectivity index (χ4v) is 2.65. The lowest BCUT2D eigenvalue weighted by Gasteiger charge is -2.16. The fourth-order valence-electron chi connectivity index (χ4n) is 2.65. The number of hydrogen-bond donors (Lipinski definition) is 3. The third-order valence-electron chi connectivity index (χ3n) is 4.08. The number of carbonyl (C=O) groups is 2. The van der Waals surface area contributed by atoms with E-state index in [1.807, 2.05) is 21.1 Å². The molecule has 0 bridgehead atoms. The lowest BCUT2D eigenvalue weighted by atomic mass is 10.2. The zero-order valence-electron chi connectivity index (χ0n) is 15.8. The first-order valence-electron chi connectivity index (χ1n) is 8.58. The lowest BCUT2D eigenvalue weighted by Crippen LogP contribution is -3.08. The molecule has 0 aromatic heterocycles. The molecule has 0 aliphatic carbocycles. The normalized spacial score (nSPS) is 11.5. The van der Waals surface area contributed by atoms with Gasteiger partial charge in [0.15, 0.2) is 6.54 Å². The molecule has 6 nitrogen and oxygen atoms in total. The van der Waals surface area contributed by atoms with Gasteiger partial charge in [-0.1, -0.05) is 12.1 Å². The number of benzene rings is 2. The van der Waals surface area contributed by atoms with Crippen LogP contribution in [0.4, 0.5) is 11.4 Å². The van der Waals surface area contributed by atoms with Crippen LogP contribution in [0.5, 0.6) is 0 Å². The highest BCUT2D eigenvalue weighted by Crippen LogP contribution is 2.11. The van der Waals surface area contributed by atoms with E-state index >= 15 is 0 Å². The van der Waals surface area contributed by atoms with Gasteiger partial charge in [0.2, 0.25) is 0 Å². The summed E-state index contributed by atoms with van der Waals surface area (Å²) in [5.74, 6) is -0.201. The van der Waals surface area contributed by atoms with Crippen LogP contribution < -0.4 is 20.4 Å². The SMILES string of the molecule is CNC(=O)c1ccc(NC(=O)C[NH+](C)Cc2ccc(N(C)C)cc2)cc1. The van der Waals surface area contributed by atoms with Crippen LogP contribution in [-0.2, 0) is 11.3 Å². The van der Waals surface area contributed by atoms with Crippen LogP contribution in [-0.4, -0.2) is 46.5 Å². The Balaban J connectivity index is 1.85. The molecule has 0 radical (unpaired) electrons. The molecule has 0 saturated heterocycles. The molecule has 26 heavy (non-hydrogen) atoms. The van der Waals surface area contributed by atoms with Crippen LogP contribution in [0.2, 0.25) is 0 Å². The van der Waals surface area contributed by atoms with Crippen molar-refractivity contribution in [2.24, 2.45) is 0 Å². The number of carbonyl (C=O) groups excluding carboxylic acids is 2. The smallest absolute Gasteiger partial charge is 0.279 e. The Bertz CT molecular complexity index is 739. The molecular formula is C20H27N4O2+. The Morgan fingerprint density at radius 1 is 1.00 bits per heavy atom. The zero-order chi connectivity index (χ0) is 19.1. The number of likely N-dealkylation sites (N-methyl/N-ethyl adjacent to an activating group) is 1. The van der Waals surface area contributed by atoms with Crippen LogP contribution in [0, 0.1) is 0 Å². The van der Waals surface area contributed by atoms with E-state index < -0.39 is 0 Å². The molecule has 2 aromatic carbocycles. The van der Waals surface area contributed by atoms with Crippen molar-refractivity contribution in [2.75, 3.05) is 45.0 Å². The molecule has 2 aromatic rings. The van der Waals surface area contributed by atoms with Gasteiger partial charge in [-0.3, -0.25) is 9.59 Å². The highest BCUT2D eigenvalue weighted by Gasteiger charge is 2.11. The summed E-state index contributed by atoms with van der Waals surface area (Å²) >= 11 is 0. The predicted octanol–water partition coefficient (Wildman–Crippen LogP) is 0.766.